The van der Waals surface area contributed by atoms with E-state index in [1.807, 2.05) is 18.2 Å². The van der Waals surface area contributed by atoms with Gasteiger partial charge in [-0.05, 0) is 19.4 Å². The van der Waals surface area contributed by atoms with Crippen LogP contribution >= 0.6 is 0 Å². The van der Waals surface area contributed by atoms with Crippen molar-refractivity contribution in [2.45, 2.75) is 50.5 Å². The number of piperidine rings is 1. The van der Waals surface area contributed by atoms with E-state index >= 15 is 0 Å². The zero-order chi connectivity index (χ0) is 13.1. The first-order chi connectivity index (χ1) is 9.34. The Bertz CT molecular complexity index is 402. The van der Waals surface area contributed by atoms with Crippen molar-refractivity contribution in [1.29, 1.82) is 0 Å². The summed E-state index contributed by atoms with van der Waals surface area (Å²) in [4.78, 5) is 0. The van der Waals surface area contributed by atoms with Crippen LogP contribution in [0.4, 0.5) is 0 Å². The van der Waals surface area contributed by atoms with E-state index in [0.29, 0.717) is 12.6 Å². The van der Waals surface area contributed by atoms with Gasteiger partial charge in [0.25, 0.3) is 0 Å². The van der Waals surface area contributed by atoms with Crippen molar-refractivity contribution >= 4 is 0 Å². The molecule has 0 amide bonds. The lowest BCUT2D eigenvalue weighted by Crippen LogP contribution is -2.45. The molecule has 0 aliphatic carbocycles. The first kappa shape index (κ1) is 13.1. The van der Waals surface area contributed by atoms with E-state index in [-0.39, 0.29) is 6.10 Å². The van der Waals surface area contributed by atoms with Crippen LogP contribution in [-0.2, 0) is 15.3 Å². The lowest BCUT2D eigenvalue weighted by atomic mass is 10.00. The fourth-order valence-corrected chi connectivity index (χ4v) is 3.16. The normalized spacial score (nSPS) is 35.4. The molecule has 19 heavy (non-hydrogen) atoms. The highest BCUT2D eigenvalue weighted by Gasteiger charge is 2.44. The Hall–Kier alpha value is -0.900. The van der Waals surface area contributed by atoms with Crippen LogP contribution in [0.15, 0.2) is 30.3 Å². The SMILES string of the molecule is CC[C@@]1(c2ccccc2)OC[C@@H]([C@H]2CCCCN2)O1. The summed E-state index contributed by atoms with van der Waals surface area (Å²) >= 11 is 0. The van der Waals surface area contributed by atoms with E-state index in [1.165, 1.54) is 19.3 Å². The lowest BCUT2D eigenvalue weighted by Gasteiger charge is -2.31. The van der Waals surface area contributed by atoms with Gasteiger partial charge >= 0.3 is 0 Å². The molecule has 0 spiro atoms. The maximum atomic E-state index is 6.34. The van der Waals surface area contributed by atoms with Gasteiger partial charge in [0.05, 0.1) is 6.61 Å². The monoisotopic (exact) mass is 261 g/mol. The van der Waals surface area contributed by atoms with Gasteiger partial charge in [-0.25, -0.2) is 0 Å². The maximum Gasteiger partial charge on any atom is 0.195 e. The maximum absolute atomic E-state index is 6.34. The van der Waals surface area contributed by atoms with Gasteiger partial charge in [0.2, 0.25) is 0 Å². The van der Waals surface area contributed by atoms with Crippen LogP contribution in [0.5, 0.6) is 0 Å². The lowest BCUT2D eigenvalue weighted by molar-refractivity contribution is -0.182. The molecule has 0 bridgehead atoms. The minimum absolute atomic E-state index is 0.181. The largest absolute Gasteiger partial charge is 0.343 e. The number of ether oxygens (including phenoxy) is 2. The molecular weight excluding hydrogens is 238 g/mol. The van der Waals surface area contributed by atoms with E-state index < -0.39 is 5.79 Å². The predicted molar refractivity (Wildman–Crippen MR) is 74.9 cm³/mol. The van der Waals surface area contributed by atoms with Crippen molar-refractivity contribution in [3.8, 4) is 0 Å². The van der Waals surface area contributed by atoms with Crippen molar-refractivity contribution in [3.05, 3.63) is 35.9 Å². The summed E-state index contributed by atoms with van der Waals surface area (Å²) in [5.74, 6) is -0.537. The highest BCUT2D eigenvalue weighted by atomic mass is 16.7. The molecule has 0 saturated carbocycles. The van der Waals surface area contributed by atoms with Crippen molar-refractivity contribution in [1.82, 2.24) is 5.32 Å². The van der Waals surface area contributed by atoms with E-state index in [1.54, 1.807) is 0 Å². The molecule has 0 aromatic heterocycles. The molecule has 2 fully saturated rings. The number of rotatable bonds is 3. The van der Waals surface area contributed by atoms with Crippen molar-refractivity contribution in [2.24, 2.45) is 0 Å². The van der Waals surface area contributed by atoms with Gasteiger partial charge in [-0.3, -0.25) is 0 Å². The minimum Gasteiger partial charge on any atom is -0.343 e. The third-order valence-corrected chi connectivity index (χ3v) is 4.30. The standard InChI is InChI=1S/C16H23NO2/c1-2-16(13-8-4-3-5-9-13)18-12-15(19-16)14-10-6-7-11-17-14/h3-5,8-9,14-15,17H,2,6-7,10-12H2,1H3/t14-,15+,16-/m1/s1. The molecule has 2 saturated heterocycles. The molecule has 104 valence electrons. The highest BCUT2D eigenvalue weighted by molar-refractivity contribution is 5.21. The Kier molecular flexibility index (Phi) is 3.87. The number of hydrogen-bond acceptors (Lipinski definition) is 3. The summed E-state index contributed by atoms with van der Waals surface area (Å²) in [5.41, 5.74) is 1.14. The summed E-state index contributed by atoms with van der Waals surface area (Å²) in [6.45, 7) is 3.93. The summed E-state index contributed by atoms with van der Waals surface area (Å²) in [5, 5.41) is 3.57. The van der Waals surface area contributed by atoms with Gasteiger partial charge < -0.3 is 14.8 Å². The molecule has 1 N–H and O–H groups in total. The van der Waals surface area contributed by atoms with Crippen LogP contribution in [0.2, 0.25) is 0 Å². The quantitative estimate of drug-likeness (QED) is 0.907. The van der Waals surface area contributed by atoms with Gasteiger partial charge in [-0.1, -0.05) is 43.7 Å². The number of benzene rings is 1. The summed E-state index contributed by atoms with van der Waals surface area (Å²) < 4.78 is 12.4. The summed E-state index contributed by atoms with van der Waals surface area (Å²) in [6, 6.07) is 10.8. The van der Waals surface area contributed by atoms with E-state index in [2.05, 4.69) is 24.4 Å². The molecule has 2 aliphatic heterocycles. The average Bonchev–Trinajstić information content (AvgIpc) is 2.95. The Morgan fingerprint density at radius 3 is 2.79 bits per heavy atom. The van der Waals surface area contributed by atoms with Crippen LogP contribution in [-0.4, -0.2) is 25.3 Å². The molecule has 3 heteroatoms. The van der Waals surface area contributed by atoms with Gasteiger partial charge in [0.1, 0.15) is 6.10 Å². The number of hydrogen-bond donors (Lipinski definition) is 1. The molecule has 3 nitrogen and oxygen atoms in total. The van der Waals surface area contributed by atoms with Gasteiger partial charge in [0, 0.05) is 18.0 Å². The zero-order valence-corrected chi connectivity index (χ0v) is 11.6. The van der Waals surface area contributed by atoms with Crippen molar-refractivity contribution < 1.29 is 9.47 Å². The molecule has 3 rings (SSSR count). The van der Waals surface area contributed by atoms with Crippen molar-refractivity contribution in [2.75, 3.05) is 13.2 Å². The molecule has 1 aromatic rings. The van der Waals surface area contributed by atoms with Crippen molar-refractivity contribution in [3.63, 3.8) is 0 Å². The first-order valence-electron chi connectivity index (χ1n) is 7.45. The van der Waals surface area contributed by atoms with Crippen LogP contribution < -0.4 is 5.32 Å². The highest BCUT2D eigenvalue weighted by Crippen LogP contribution is 2.38. The van der Waals surface area contributed by atoms with Crippen LogP contribution in [0, 0.1) is 0 Å². The molecule has 3 atom stereocenters. The van der Waals surface area contributed by atoms with Gasteiger partial charge in [-0.2, -0.15) is 0 Å². The molecule has 2 heterocycles. The molecule has 1 aromatic carbocycles. The third kappa shape index (κ3) is 2.55. The minimum atomic E-state index is -0.537. The molecule has 0 radical (unpaired) electrons. The number of nitrogens with one attached hydrogen (secondary N) is 1. The van der Waals surface area contributed by atoms with Gasteiger partial charge in [-0.15, -0.1) is 0 Å². The van der Waals surface area contributed by atoms with E-state index in [0.717, 1.165) is 18.5 Å². The summed E-state index contributed by atoms with van der Waals surface area (Å²) in [6.07, 6.45) is 4.80. The Balaban J connectivity index is 1.75. The molecule has 2 aliphatic rings. The molecular formula is C16H23NO2. The van der Waals surface area contributed by atoms with Gasteiger partial charge in [0.15, 0.2) is 5.79 Å². The summed E-state index contributed by atoms with van der Waals surface area (Å²) in [7, 11) is 0. The first-order valence-corrected chi connectivity index (χ1v) is 7.45. The second-order valence-corrected chi connectivity index (χ2v) is 5.50. The molecule has 0 unspecified atom stereocenters. The smallest absolute Gasteiger partial charge is 0.195 e. The van der Waals surface area contributed by atoms with Crippen LogP contribution in [0.1, 0.15) is 38.2 Å². The fourth-order valence-electron chi connectivity index (χ4n) is 3.16. The fraction of sp³-hybridized carbons (Fsp3) is 0.625. The topological polar surface area (TPSA) is 30.5 Å². The van der Waals surface area contributed by atoms with Crippen LogP contribution in [0.3, 0.4) is 0 Å². The Morgan fingerprint density at radius 2 is 2.11 bits per heavy atom. The van der Waals surface area contributed by atoms with E-state index in [4.69, 9.17) is 9.47 Å². The Labute approximate surface area is 115 Å². The zero-order valence-electron chi connectivity index (χ0n) is 11.6. The Morgan fingerprint density at radius 1 is 1.26 bits per heavy atom. The third-order valence-electron chi connectivity index (χ3n) is 4.30. The second kappa shape index (κ2) is 5.61. The average molecular weight is 261 g/mol. The van der Waals surface area contributed by atoms with Crippen LogP contribution in [0.25, 0.3) is 0 Å². The predicted octanol–water partition coefficient (Wildman–Crippen LogP) is 2.81. The second-order valence-electron chi connectivity index (χ2n) is 5.50. The van der Waals surface area contributed by atoms with E-state index in [9.17, 15) is 0 Å².